The number of rotatable bonds is 13. The molecule has 1 aromatic rings. The normalized spacial score (nSPS) is 19.8. The van der Waals surface area contributed by atoms with Gasteiger partial charge >= 0.3 is 5.97 Å². The minimum atomic E-state index is -1.25. The number of carbonyl (C=O) groups is 2. The van der Waals surface area contributed by atoms with Gasteiger partial charge in [-0.05, 0) is 64.8 Å². The number of aliphatic hydroxyl groups excluding tert-OH is 1. The fraction of sp³-hybridized carbons (Fsp3) is 0.640. The summed E-state index contributed by atoms with van der Waals surface area (Å²) in [6, 6.07) is 7.18. The first kappa shape index (κ1) is 27.6. The Hall–Kier alpha value is -2.65. The van der Waals surface area contributed by atoms with Crippen LogP contribution in [0.15, 0.2) is 29.3 Å². The van der Waals surface area contributed by atoms with Crippen molar-refractivity contribution in [3.63, 3.8) is 0 Å². The summed E-state index contributed by atoms with van der Waals surface area (Å²) in [5.41, 5.74) is -1.16. The first-order valence-corrected chi connectivity index (χ1v) is 11.7. The highest BCUT2D eigenvalue weighted by molar-refractivity contribution is 6.00. The lowest BCUT2D eigenvalue weighted by Gasteiger charge is -2.28. The summed E-state index contributed by atoms with van der Waals surface area (Å²) in [4.78, 5) is 30.4. The number of carbonyl (C=O) groups excluding carboxylic acids is 2. The fourth-order valence-electron chi connectivity index (χ4n) is 3.51. The van der Waals surface area contributed by atoms with E-state index in [2.05, 4.69) is 5.32 Å². The molecule has 1 aliphatic rings. The van der Waals surface area contributed by atoms with E-state index in [1.807, 2.05) is 0 Å². The van der Waals surface area contributed by atoms with E-state index in [0.717, 1.165) is 0 Å². The molecule has 0 saturated heterocycles. The third kappa shape index (κ3) is 7.99. The van der Waals surface area contributed by atoms with Crippen molar-refractivity contribution < 1.29 is 33.6 Å². The van der Waals surface area contributed by atoms with Crippen molar-refractivity contribution in [1.82, 2.24) is 5.32 Å². The van der Waals surface area contributed by atoms with Crippen LogP contribution in [0.1, 0.15) is 58.9 Å². The average molecular weight is 479 g/mol. The monoisotopic (exact) mass is 478 g/mol. The van der Waals surface area contributed by atoms with Gasteiger partial charge in [0.2, 0.25) is 5.90 Å². The van der Waals surface area contributed by atoms with Crippen molar-refractivity contribution >= 4 is 17.8 Å². The van der Waals surface area contributed by atoms with Gasteiger partial charge < -0.3 is 29.4 Å². The van der Waals surface area contributed by atoms with Gasteiger partial charge in [0.15, 0.2) is 5.54 Å². The summed E-state index contributed by atoms with van der Waals surface area (Å²) in [6.45, 7) is 8.64. The van der Waals surface area contributed by atoms with E-state index >= 15 is 0 Å². The van der Waals surface area contributed by atoms with Crippen LogP contribution in [0.2, 0.25) is 0 Å². The van der Waals surface area contributed by atoms with Gasteiger partial charge in [-0.2, -0.15) is 0 Å². The van der Waals surface area contributed by atoms with Crippen LogP contribution in [0.4, 0.5) is 0 Å². The summed E-state index contributed by atoms with van der Waals surface area (Å²) >= 11 is 0. The Morgan fingerprint density at radius 3 is 2.50 bits per heavy atom. The van der Waals surface area contributed by atoms with Crippen molar-refractivity contribution in [3.05, 3.63) is 29.8 Å². The number of hydrogen-bond donors (Lipinski definition) is 2. The molecule has 0 spiro atoms. The number of ether oxygens (including phenoxy) is 4. The summed E-state index contributed by atoms with van der Waals surface area (Å²) in [5, 5.41) is 11.8. The third-order valence-electron chi connectivity index (χ3n) is 5.27. The minimum Gasteiger partial charge on any atom is -0.494 e. The number of hydrogen-bond acceptors (Lipinski definition) is 8. The van der Waals surface area contributed by atoms with Gasteiger partial charge in [0, 0.05) is 45.3 Å². The van der Waals surface area contributed by atoms with E-state index in [4.69, 9.17) is 29.0 Å². The molecule has 2 rings (SSSR count). The summed E-state index contributed by atoms with van der Waals surface area (Å²) < 4.78 is 22.1. The molecule has 190 valence electrons. The Bertz CT molecular complexity index is 833. The molecule has 0 fully saturated rings. The number of nitrogens with zero attached hydrogens (tertiary/aromatic N) is 1. The first-order valence-electron chi connectivity index (χ1n) is 11.7. The maximum absolute atomic E-state index is 13.3. The lowest BCUT2D eigenvalue weighted by atomic mass is 9.88. The van der Waals surface area contributed by atoms with Crippen LogP contribution < -0.4 is 10.1 Å². The molecule has 0 unspecified atom stereocenters. The van der Waals surface area contributed by atoms with Crippen molar-refractivity contribution in [3.8, 4) is 5.75 Å². The standard InChI is InChI=1S/C25H38N2O7/c1-18-25(23(30)26-14-6-16-31-5,13-12-21(29)34-24(2,3)4)27-22(33-18)19-8-10-20(11-9-19)32-17-7-15-28/h8-11,18,28H,6-7,12-17H2,1-5H3,(H,26,30)/t18-,25-/m1/s1. The highest BCUT2D eigenvalue weighted by Crippen LogP contribution is 2.34. The second-order valence-corrected chi connectivity index (χ2v) is 9.24. The van der Waals surface area contributed by atoms with Crippen molar-refractivity contribution in [2.24, 2.45) is 4.99 Å². The lowest BCUT2D eigenvalue weighted by Crippen LogP contribution is -2.51. The molecule has 1 aliphatic heterocycles. The predicted molar refractivity (Wildman–Crippen MR) is 128 cm³/mol. The molecule has 1 aromatic carbocycles. The van der Waals surface area contributed by atoms with E-state index in [9.17, 15) is 9.59 Å². The van der Waals surface area contributed by atoms with Gasteiger partial charge in [0.25, 0.3) is 5.91 Å². The fourth-order valence-corrected chi connectivity index (χ4v) is 3.51. The smallest absolute Gasteiger partial charge is 0.306 e. The number of nitrogens with one attached hydrogen (secondary N) is 1. The zero-order valence-corrected chi connectivity index (χ0v) is 20.9. The van der Waals surface area contributed by atoms with Crippen LogP contribution in [-0.4, -0.2) is 73.6 Å². The van der Waals surface area contributed by atoms with E-state index in [0.29, 0.717) is 49.8 Å². The SMILES string of the molecule is COCCCNC(=O)[C@]1(CCC(=O)OC(C)(C)C)N=C(c2ccc(OCCCO)cc2)O[C@@H]1C. The Labute approximate surface area is 201 Å². The first-order chi connectivity index (χ1) is 16.1. The van der Waals surface area contributed by atoms with Crippen molar-refractivity contribution in [2.45, 2.75) is 70.6 Å². The van der Waals surface area contributed by atoms with Gasteiger partial charge in [-0.15, -0.1) is 0 Å². The van der Waals surface area contributed by atoms with Crippen LogP contribution in [-0.2, 0) is 23.8 Å². The number of amides is 1. The molecule has 9 heteroatoms. The van der Waals surface area contributed by atoms with Gasteiger partial charge in [-0.3, -0.25) is 9.59 Å². The van der Waals surface area contributed by atoms with Gasteiger partial charge in [0.05, 0.1) is 6.61 Å². The zero-order chi connectivity index (χ0) is 25.2. The van der Waals surface area contributed by atoms with Gasteiger partial charge in [-0.1, -0.05) is 0 Å². The van der Waals surface area contributed by atoms with Crippen LogP contribution in [0, 0.1) is 0 Å². The quantitative estimate of drug-likeness (QED) is 0.331. The number of esters is 1. The molecule has 0 bridgehead atoms. The predicted octanol–water partition coefficient (Wildman–Crippen LogP) is 2.63. The number of aliphatic hydroxyl groups is 1. The van der Waals surface area contributed by atoms with E-state index in [-0.39, 0.29) is 31.3 Å². The summed E-state index contributed by atoms with van der Waals surface area (Å²) in [6.07, 6.45) is 0.825. The van der Waals surface area contributed by atoms with Crippen LogP contribution >= 0.6 is 0 Å². The second kappa shape index (κ2) is 12.7. The van der Waals surface area contributed by atoms with Gasteiger partial charge in [-0.25, -0.2) is 4.99 Å². The summed E-state index contributed by atoms with van der Waals surface area (Å²) in [7, 11) is 1.61. The number of aliphatic imine (C=N–C) groups is 1. The highest BCUT2D eigenvalue weighted by atomic mass is 16.6. The van der Waals surface area contributed by atoms with Crippen LogP contribution in [0.3, 0.4) is 0 Å². The molecule has 2 atom stereocenters. The van der Waals surface area contributed by atoms with Crippen molar-refractivity contribution in [2.75, 3.05) is 33.5 Å². The molecule has 0 aromatic heterocycles. The van der Waals surface area contributed by atoms with Crippen molar-refractivity contribution in [1.29, 1.82) is 0 Å². The molecular formula is C25H38N2O7. The number of methoxy groups -OCH3 is 1. The Balaban J connectivity index is 2.21. The minimum absolute atomic E-state index is 0.0326. The molecule has 0 saturated carbocycles. The largest absolute Gasteiger partial charge is 0.494 e. The zero-order valence-electron chi connectivity index (χ0n) is 20.9. The van der Waals surface area contributed by atoms with E-state index in [1.165, 1.54) is 0 Å². The Kier molecular flexibility index (Phi) is 10.3. The number of benzene rings is 1. The molecule has 34 heavy (non-hydrogen) atoms. The van der Waals surface area contributed by atoms with E-state index in [1.54, 1.807) is 59.1 Å². The molecule has 2 N–H and O–H groups in total. The second-order valence-electron chi connectivity index (χ2n) is 9.24. The third-order valence-corrected chi connectivity index (χ3v) is 5.27. The average Bonchev–Trinajstić information content (AvgIpc) is 3.12. The molecule has 1 amide bonds. The summed E-state index contributed by atoms with van der Waals surface area (Å²) in [5.74, 6) is 0.319. The maximum Gasteiger partial charge on any atom is 0.306 e. The molecule has 0 radical (unpaired) electrons. The lowest BCUT2D eigenvalue weighted by molar-refractivity contribution is -0.155. The van der Waals surface area contributed by atoms with E-state index < -0.39 is 17.2 Å². The topological polar surface area (TPSA) is 116 Å². The van der Waals surface area contributed by atoms with Crippen LogP contribution in [0.5, 0.6) is 5.75 Å². The van der Waals surface area contributed by atoms with Crippen LogP contribution in [0.25, 0.3) is 0 Å². The highest BCUT2D eigenvalue weighted by Gasteiger charge is 2.50. The van der Waals surface area contributed by atoms with Gasteiger partial charge in [0.1, 0.15) is 17.5 Å². The maximum atomic E-state index is 13.3. The Morgan fingerprint density at radius 2 is 1.88 bits per heavy atom. The molecule has 9 nitrogen and oxygen atoms in total. The Morgan fingerprint density at radius 1 is 1.18 bits per heavy atom. The molecule has 1 heterocycles. The molecule has 0 aliphatic carbocycles. The molecular weight excluding hydrogens is 440 g/mol.